The van der Waals surface area contributed by atoms with Crippen LogP contribution in [0.1, 0.15) is 32.1 Å². The number of ether oxygens (including phenoxy) is 1. The minimum Gasteiger partial charge on any atom is -0.375 e. The summed E-state index contributed by atoms with van der Waals surface area (Å²) in [6.45, 7) is 2.32. The number of morpholine rings is 1. The quantitative estimate of drug-likeness (QED) is 0.848. The molecule has 1 atom stereocenters. The molecule has 1 aliphatic carbocycles. The maximum Gasteiger partial charge on any atom is 0.227 e. The second-order valence-corrected chi connectivity index (χ2v) is 7.31. The van der Waals surface area contributed by atoms with Crippen molar-refractivity contribution in [1.29, 1.82) is 0 Å². The summed E-state index contributed by atoms with van der Waals surface area (Å²) < 4.78 is 5.60. The summed E-state index contributed by atoms with van der Waals surface area (Å²) in [5.41, 5.74) is 0.938. The summed E-state index contributed by atoms with van der Waals surface area (Å²) in [4.78, 5) is 13.4. The van der Waals surface area contributed by atoms with Crippen molar-refractivity contribution in [3.63, 3.8) is 0 Å². The Balaban J connectivity index is 0.00000192. The Morgan fingerprint density at radius 2 is 2.09 bits per heavy atom. The Hall–Kier alpha value is -0.750. The van der Waals surface area contributed by atoms with E-state index in [0.717, 1.165) is 18.8 Å². The lowest BCUT2D eigenvalue weighted by atomic mass is 10.2. The number of carbonyl (C=O) groups excluding carboxylic acids is 1. The number of rotatable bonds is 5. The van der Waals surface area contributed by atoms with E-state index in [-0.39, 0.29) is 24.4 Å². The van der Waals surface area contributed by atoms with Gasteiger partial charge in [-0.1, -0.05) is 25.0 Å². The van der Waals surface area contributed by atoms with Crippen molar-refractivity contribution in [2.75, 3.05) is 25.0 Å². The van der Waals surface area contributed by atoms with E-state index in [1.807, 2.05) is 30.0 Å². The van der Waals surface area contributed by atoms with E-state index in [4.69, 9.17) is 4.74 Å². The minimum absolute atomic E-state index is 0. The van der Waals surface area contributed by atoms with Crippen molar-refractivity contribution in [2.45, 2.75) is 48.4 Å². The Morgan fingerprint density at radius 1 is 1.30 bits per heavy atom. The third-order valence-corrected chi connectivity index (χ3v) is 5.59. The molecule has 6 heteroatoms. The molecular formula is C17H25ClN2O2S. The standard InChI is InChI=1S/C17H24N2O2S.ClH/c20-17(11-13-12-18-9-10-21-13)19-15-7-3-4-8-16(15)22-14-5-1-2-6-14;/h3-4,7-8,13-14,18H,1-2,5-6,9-12H2,(H,19,20);1H. The SMILES string of the molecule is Cl.O=C(CC1CNCCO1)Nc1ccccc1SC1CCCC1. The fourth-order valence-electron chi connectivity index (χ4n) is 3.02. The monoisotopic (exact) mass is 356 g/mol. The molecule has 2 aliphatic rings. The van der Waals surface area contributed by atoms with Gasteiger partial charge in [-0.05, 0) is 25.0 Å². The summed E-state index contributed by atoms with van der Waals surface area (Å²) in [5, 5.41) is 7.02. The molecule has 128 valence electrons. The number of hydrogen-bond acceptors (Lipinski definition) is 4. The first-order valence-electron chi connectivity index (χ1n) is 8.19. The average Bonchev–Trinajstić information content (AvgIpc) is 3.03. The van der Waals surface area contributed by atoms with Crippen LogP contribution in [0.4, 0.5) is 5.69 Å². The molecule has 23 heavy (non-hydrogen) atoms. The van der Waals surface area contributed by atoms with Crippen LogP contribution < -0.4 is 10.6 Å². The van der Waals surface area contributed by atoms with Crippen molar-refractivity contribution in [2.24, 2.45) is 0 Å². The largest absolute Gasteiger partial charge is 0.375 e. The topological polar surface area (TPSA) is 50.4 Å². The fraction of sp³-hybridized carbons (Fsp3) is 0.588. The van der Waals surface area contributed by atoms with Gasteiger partial charge in [-0.2, -0.15) is 0 Å². The fourth-order valence-corrected chi connectivity index (χ4v) is 4.35. The van der Waals surface area contributed by atoms with Gasteiger partial charge in [0.15, 0.2) is 0 Å². The van der Waals surface area contributed by atoms with Crippen LogP contribution in [0, 0.1) is 0 Å². The number of para-hydroxylation sites is 1. The Bertz CT molecular complexity index is 503. The second kappa shape index (κ2) is 9.52. The zero-order valence-electron chi connectivity index (χ0n) is 13.3. The summed E-state index contributed by atoms with van der Waals surface area (Å²) in [7, 11) is 0. The van der Waals surface area contributed by atoms with E-state index in [9.17, 15) is 4.79 Å². The van der Waals surface area contributed by atoms with E-state index in [1.54, 1.807) is 0 Å². The van der Waals surface area contributed by atoms with Crippen molar-refractivity contribution >= 4 is 35.8 Å². The predicted octanol–water partition coefficient (Wildman–Crippen LogP) is 3.46. The zero-order valence-corrected chi connectivity index (χ0v) is 14.9. The number of carbonyl (C=O) groups is 1. The highest BCUT2D eigenvalue weighted by atomic mass is 35.5. The van der Waals surface area contributed by atoms with E-state index in [0.29, 0.717) is 18.3 Å². The van der Waals surface area contributed by atoms with Crippen LogP contribution >= 0.6 is 24.2 Å². The predicted molar refractivity (Wildman–Crippen MR) is 97.7 cm³/mol. The van der Waals surface area contributed by atoms with Gasteiger partial charge >= 0.3 is 0 Å². The average molecular weight is 357 g/mol. The van der Waals surface area contributed by atoms with Crippen LogP contribution in [0.15, 0.2) is 29.2 Å². The van der Waals surface area contributed by atoms with Crippen LogP contribution in [0.25, 0.3) is 0 Å². The van der Waals surface area contributed by atoms with Gasteiger partial charge in [0, 0.05) is 23.2 Å². The number of hydrogen-bond donors (Lipinski definition) is 2. The van der Waals surface area contributed by atoms with Gasteiger partial charge < -0.3 is 15.4 Å². The van der Waals surface area contributed by atoms with Gasteiger partial charge in [0.1, 0.15) is 0 Å². The van der Waals surface area contributed by atoms with E-state index < -0.39 is 0 Å². The van der Waals surface area contributed by atoms with Gasteiger partial charge in [0.25, 0.3) is 0 Å². The third-order valence-electron chi connectivity index (χ3n) is 4.17. The van der Waals surface area contributed by atoms with Crippen LogP contribution in [0.5, 0.6) is 0 Å². The van der Waals surface area contributed by atoms with Crippen LogP contribution in [0.3, 0.4) is 0 Å². The number of nitrogens with one attached hydrogen (secondary N) is 2. The molecule has 0 radical (unpaired) electrons. The summed E-state index contributed by atoms with van der Waals surface area (Å²) >= 11 is 1.91. The van der Waals surface area contributed by atoms with Crippen molar-refractivity contribution in [1.82, 2.24) is 5.32 Å². The zero-order chi connectivity index (χ0) is 15.2. The molecular weight excluding hydrogens is 332 g/mol. The molecule has 1 aromatic carbocycles. The maximum absolute atomic E-state index is 12.2. The van der Waals surface area contributed by atoms with E-state index in [2.05, 4.69) is 16.7 Å². The van der Waals surface area contributed by atoms with Crippen molar-refractivity contribution < 1.29 is 9.53 Å². The molecule has 1 aromatic rings. The van der Waals surface area contributed by atoms with Crippen LogP contribution in [-0.2, 0) is 9.53 Å². The third kappa shape index (κ3) is 5.68. The first-order chi connectivity index (χ1) is 10.8. The molecule has 4 nitrogen and oxygen atoms in total. The van der Waals surface area contributed by atoms with Gasteiger partial charge in [0.2, 0.25) is 5.91 Å². The smallest absolute Gasteiger partial charge is 0.227 e. The molecule has 3 rings (SSSR count). The first kappa shape index (κ1) is 18.6. The highest BCUT2D eigenvalue weighted by molar-refractivity contribution is 8.00. The number of anilines is 1. The summed E-state index contributed by atoms with van der Waals surface area (Å²) in [5.74, 6) is 0.0353. The molecule has 0 bridgehead atoms. The highest BCUT2D eigenvalue weighted by Gasteiger charge is 2.20. The van der Waals surface area contributed by atoms with E-state index in [1.165, 1.54) is 30.6 Å². The Kier molecular flexibility index (Phi) is 7.70. The molecule has 1 unspecified atom stereocenters. The molecule has 1 amide bonds. The van der Waals surface area contributed by atoms with Crippen LogP contribution in [-0.4, -0.2) is 37.0 Å². The molecule has 2 fully saturated rings. The van der Waals surface area contributed by atoms with Gasteiger partial charge in [-0.15, -0.1) is 24.2 Å². The summed E-state index contributed by atoms with van der Waals surface area (Å²) in [6.07, 6.45) is 5.64. The molecule has 1 saturated heterocycles. The van der Waals surface area contributed by atoms with Gasteiger partial charge in [-0.3, -0.25) is 4.79 Å². The lowest BCUT2D eigenvalue weighted by Gasteiger charge is -2.23. The van der Waals surface area contributed by atoms with E-state index >= 15 is 0 Å². The number of amides is 1. The molecule has 2 N–H and O–H groups in total. The summed E-state index contributed by atoms with van der Waals surface area (Å²) in [6, 6.07) is 8.13. The highest BCUT2D eigenvalue weighted by Crippen LogP contribution is 2.38. The molecule has 0 spiro atoms. The van der Waals surface area contributed by atoms with Gasteiger partial charge in [-0.25, -0.2) is 0 Å². The Labute approximate surface area is 148 Å². The second-order valence-electron chi connectivity index (χ2n) is 5.97. The lowest BCUT2D eigenvalue weighted by Crippen LogP contribution is -2.40. The first-order valence-corrected chi connectivity index (χ1v) is 9.07. The van der Waals surface area contributed by atoms with Crippen LogP contribution in [0.2, 0.25) is 0 Å². The van der Waals surface area contributed by atoms with Gasteiger partial charge in [0.05, 0.1) is 24.8 Å². The number of halogens is 1. The minimum atomic E-state index is -0.0107. The molecule has 0 aromatic heterocycles. The normalized spacial score (nSPS) is 21.7. The van der Waals surface area contributed by atoms with Crippen molar-refractivity contribution in [3.05, 3.63) is 24.3 Å². The number of thioether (sulfide) groups is 1. The number of benzene rings is 1. The maximum atomic E-state index is 12.2. The lowest BCUT2D eigenvalue weighted by molar-refractivity contribution is -0.119. The molecule has 1 saturated carbocycles. The molecule has 1 aliphatic heterocycles. The van der Waals surface area contributed by atoms with Crippen molar-refractivity contribution in [3.8, 4) is 0 Å². The Morgan fingerprint density at radius 3 is 2.83 bits per heavy atom. The molecule has 1 heterocycles.